The van der Waals surface area contributed by atoms with E-state index >= 15 is 4.39 Å². The third kappa shape index (κ3) is 3.66. The van der Waals surface area contributed by atoms with Gasteiger partial charge in [-0.2, -0.15) is 15.5 Å². The number of nitriles is 1. The van der Waals surface area contributed by atoms with Crippen molar-refractivity contribution in [2.24, 2.45) is 5.73 Å². The SMILES string of the molecule is N#Cc1c(OC2CC2)cc(Cl)c(F)c1-c1c(-c2ccc3c(=O)[nH]nc(CN)c3c2)cnn1C1CC1. The standard InChI is InChI=1S/C25H20ClFN6O2/c26-19-8-21(35-14-4-5-14)17(9-28)22(23(19)27)24-18(11-30-33(24)13-2-3-13)12-1-6-15-16(7-12)20(10-29)31-32-25(15)34/h1,6-8,11,13-14H,2-5,10,29H2,(H,32,34). The zero-order chi connectivity index (χ0) is 24.3. The molecule has 3 N–H and O–H groups in total. The molecule has 0 saturated heterocycles. The minimum Gasteiger partial charge on any atom is -0.489 e. The van der Waals surface area contributed by atoms with Crippen LogP contribution in [0, 0.1) is 17.1 Å². The van der Waals surface area contributed by atoms with E-state index < -0.39 is 5.82 Å². The number of rotatable bonds is 6. The minimum absolute atomic E-state index is 0.00468. The summed E-state index contributed by atoms with van der Waals surface area (Å²) in [6.45, 7) is 0.133. The highest BCUT2D eigenvalue weighted by molar-refractivity contribution is 6.31. The quantitative estimate of drug-likeness (QED) is 0.411. The molecule has 6 rings (SSSR count). The molecule has 35 heavy (non-hydrogen) atoms. The van der Waals surface area contributed by atoms with Crippen LogP contribution in [0.15, 0.2) is 35.3 Å². The van der Waals surface area contributed by atoms with Crippen LogP contribution in [0.5, 0.6) is 5.75 Å². The van der Waals surface area contributed by atoms with Crippen LogP contribution in [0.3, 0.4) is 0 Å². The molecule has 176 valence electrons. The predicted octanol–water partition coefficient (Wildman–Crippen LogP) is 4.45. The van der Waals surface area contributed by atoms with Gasteiger partial charge in [-0.15, -0.1) is 0 Å². The second-order valence-electron chi connectivity index (χ2n) is 8.90. The number of aromatic nitrogens is 4. The number of ether oxygens (including phenoxy) is 1. The van der Waals surface area contributed by atoms with Gasteiger partial charge in [-0.05, 0) is 43.4 Å². The summed E-state index contributed by atoms with van der Waals surface area (Å²) < 4.78 is 23.4. The highest BCUT2D eigenvalue weighted by Gasteiger charge is 2.34. The van der Waals surface area contributed by atoms with Crippen molar-refractivity contribution < 1.29 is 9.13 Å². The number of hydrogen-bond donors (Lipinski definition) is 2. The lowest BCUT2D eigenvalue weighted by atomic mass is 9.95. The van der Waals surface area contributed by atoms with Crippen molar-refractivity contribution in [1.82, 2.24) is 20.0 Å². The second-order valence-corrected chi connectivity index (χ2v) is 9.30. The third-order valence-corrected chi connectivity index (χ3v) is 6.69. The molecule has 2 aliphatic rings. The molecule has 2 heterocycles. The first-order valence-corrected chi connectivity index (χ1v) is 11.8. The summed E-state index contributed by atoms with van der Waals surface area (Å²) >= 11 is 6.30. The van der Waals surface area contributed by atoms with E-state index in [1.807, 2.05) is 0 Å². The minimum atomic E-state index is -0.698. The molecule has 2 aliphatic carbocycles. The maximum absolute atomic E-state index is 15.7. The molecule has 0 atom stereocenters. The number of aromatic amines is 1. The van der Waals surface area contributed by atoms with Gasteiger partial charge < -0.3 is 10.5 Å². The van der Waals surface area contributed by atoms with Crippen LogP contribution in [0.25, 0.3) is 33.2 Å². The lowest BCUT2D eigenvalue weighted by Gasteiger charge is -2.16. The molecular weight excluding hydrogens is 471 g/mol. The molecule has 0 radical (unpaired) electrons. The lowest BCUT2D eigenvalue weighted by Crippen LogP contribution is -2.13. The van der Waals surface area contributed by atoms with Gasteiger partial charge in [0.1, 0.15) is 17.4 Å². The average molecular weight is 491 g/mol. The normalized spacial score (nSPS) is 15.4. The topological polar surface area (TPSA) is 123 Å². The highest BCUT2D eigenvalue weighted by atomic mass is 35.5. The molecular formula is C25H20ClFN6O2. The molecule has 0 spiro atoms. The Labute approximate surface area is 204 Å². The number of H-pyrrole nitrogens is 1. The van der Waals surface area contributed by atoms with Crippen molar-refractivity contribution in [3.63, 3.8) is 0 Å². The Morgan fingerprint density at radius 2 is 2.06 bits per heavy atom. The third-order valence-electron chi connectivity index (χ3n) is 6.41. The van der Waals surface area contributed by atoms with E-state index in [9.17, 15) is 10.1 Å². The first-order chi connectivity index (χ1) is 17.0. The molecule has 2 fully saturated rings. The summed E-state index contributed by atoms with van der Waals surface area (Å²) in [4.78, 5) is 12.3. The van der Waals surface area contributed by atoms with Gasteiger partial charge in [0.2, 0.25) is 0 Å². The highest BCUT2D eigenvalue weighted by Crippen LogP contribution is 2.47. The van der Waals surface area contributed by atoms with E-state index in [2.05, 4.69) is 21.4 Å². The number of nitrogens with two attached hydrogens (primary N) is 1. The molecule has 2 saturated carbocycles. The number of fused-ring (bicyclic) bond motifs is 1. The molecule has 8 nitrogen and oxygen atoms in total. The van der Waals surface area contributed by atoms with Crippen molar-refractivity contribution in [3.8, 4) is 34.2 Å². The van der Waals surface area contributed by atoms with E-state index in [0.717, 1.165) is 25.7 Å². The summed E-state index contributed by atoms with van der Waals surface area (Å²) in [6.07, 6.45) is 5.23. The van der Waals surface area contributed by atoms with Crippen LogP contribution in [-0.4, -0.2) is 26.1 Å². The summed E-state index contributed by atoms with van der Waals surface area (Å²) in [5, 5.41) is 22.1. The zero-order valence-electron chi connectivity index (χ0n) is 18.5. The molecule has 4 aromatic rings. The zero-order valence-corrected chi connectivity index (χ0v) is 19.3. The van der Waals surface area contributed by atoms with E-state index in [-0.39, 0.29) is 46.1 Å². The summed E-state index contributed by atoms with van der Waals surface area (Å²) in [6, 6.07) is 8.86. The summed E-state index contributed by atoms with van der Waals surface area (Å²) in [5.41, 5.74) is 7.96. The maximum atomic E-state index is 15.7. The van der Waals surface area contributed by atoms with Crippen LogP contribution in [0.1, 0.15) is 43.0 Å². The maximum Gasteiger partial charge on any atom is 0.272 e. The number of nitrogens with zero attached hydrogens (tertiary/aromatic N) is 4. The van der Waals surface area contributed by atoms with E-state index in [1.54, 1.807) is 29.1 Å². The number of hydrogen-bond acceptors (Lipinski definition) is 6. The molecule has 10 heteroatoms. The smallest absolute Gasteiger partial charge is 0.272 e. The Hall–Kier alpha value is -3.74. The first-order valence-electron chi connectivity index (χ1n) is 11.4. The van der Waals surface area contributed by atoms with Gasteiger partial charge in [0, 0.05) is 23.6 Å². The molecule has 2 aromatic heterocycles. The Bertz CT molecular complexity index is 1600. The fourth-order valence-electron chi connectivity index (χ4n) is 4.36. The predicted molar refractivity (Wildman–Crippen MR) is 129 cm³/mol. The van der Waals surface area contributed by atoms with Crippen LogP contribution in [0.4, 0.5) is 4.39 Å². The number of benzene rings is 2. The van der Waals surface area contributed by atoms with Gasteiger partial charge in [0.15, 0.2) is 5.82 Å². The number of halogens is 2. The van der Waals surface area contributed by atoms with Gasteiger partial charge in [-0.1, -0.05) is 17.7 Å². The van der Waals surface area contributed by atoms with Crippen molar-refractivity contribution in [1.29, 1.82) is 5.26 Å². The van der Waals surface area contributed by atoms with Crippen molar-refractivity contribution >= 4 is 22.4 Å². The molecule has 2 aromatic carbocycles. The van der Waals surface area contributed by atoms with Gasteiger partial charge in [0.25, 0.3) is 5.56 Å². The van der Waals surface area contributed by atoms with E-state index in [0.29, 0.717) is 33.3 Å². The fraction of sp³-hybridized carbons (Fsp3) is 0.280. The van der Waals surface area contributed by atoms with Crippen LogP contribution in [-0.2, 0) is 6.54 Å². The van der Waals surface area contributed by atoms with Crippen molar-refractivity contribution in [3.05, 3.63) is 62.9 Å². The Morgan fingerprint density at radius 1 is 1.26 bits per heavy atom. The lowest BCUT2D eigenvalue weighted by molar-refractivity contribution is 0.302. The fourth-order valence-corrected chi connectivity index (χ4v) is 4.55. The summed E-state index contributed by atoms with van der Waals surface area (Å²) in [5.74, 6) is -0.429. The van der Waals surface area contributed by atoms with Gasteiger partial charge in [0.05, 0.1) is 45.7 Å². The average Bonchev–Trinajstić information content (AvgIpc) is 3.80. The van der Waals surface area contributed by atoms with Crippen LogP contribution >= 0.6 is 11.6 Å². The van der Waals surface area contributed by atoms with Gasteiger partial charge >= 0.3 is 0 Å². The Balaban J connectivity index is 1.62. The number of nitrogens with one attached hydrogen (secondary N) is 1. The summed E-state index contributed by atoms with van der Waals surface area (Å²) in [7, 11) is 0. The Morgan fingerprint density at radius 3 is 2.74 bits per heavy atom. The second kappa shape index (κ2) is 8.18. The van der Waals surface area contributed by atoms with Gasteiger partial charge in [-0.3, -0.25) is 9.48 Å². The molecule has 0 amide bonds. The van der Waals surface area contributed by atoms with E-state index in [1.165, 1.54) is 6.07 Å². The largest absolute Gasteiger partial charge is 0.489 e. The van der Waals surface area contributed by atoms with Crippen molar-refractivity contribution in [2.45, 2.75) is 44.4 Å². The van der Waals surface area contributed by atoms with Crippen molar-refractivity contribution in [2.75, 3.05) is 0 Å². The Kier molecular flexibility index (Phi) is 5.09. The van der Waals surface area contributed by atoms with Gasteiger partial charge in [-0.25, -0.2) is 9.49 Å². The molecule has 0 unspecified atom stereocenters. The van der Waals surface area contributed by atoms with Crippen LogP contribution in [0.2, 0.25) is 5.02 Å². The first kappa shape index (κ1) is 21.8. The molecule has 0 aliphatic heterocycles. The monoisotopic (exact) mass is 490 g/mol. The van der Waals surface area contributed by atoms with E-state index in [4.69, 9.17) is 22.1 Å². The molecule has 0 bridgehead atoms. The van der Waals surface area contributed by atoms with Crippen LogP contribution < -0.4 is 16.0 Å².